The molecule has 1 N–H and O–H groups in total. The molecule has 9 heteroatoms. The summed E-state index contributed by atoms with van der Waals surface area (Å²) >= 11 is 6.12. The molecular formula is C19H15ClF3N3O2. The molecule has 0 spiro atoms. The van der Waals surface area contributed by atoms with Gasteiger partial charge in [-0.15, -0.1) is 0 Å². The van der Waals surface area contributed by atoms with E-state index in [9.17, 15) is 18.0 Å². The van der Waals surface area contributed by atoms with Gasteiger partial charge in [0.05, 0.1) is 6.54 Å². The lowest BCUT2D eigenvalue weighted by Crippen LogP contribution is -2.19. The third-order valence-electron chi connectivity index (χ3n) is 3.67. The first kappa shape index (κ1) is 19.8. The van der Waals surface area contributed by atoms with E-state index >= 15 is 0 Å². The maximum Gasteiger partial charge on any atom is 0.422 e. The molecule has 1 heterocycles. The summed E-state index contributed by atoms with van der Waals surface area (Å²) in [6, 6.07) is 14.4. The van der Waals surface area contributed by atoms with Gasteiger partial charge in [0.2, 0.25) is 0 Å². The molecule has 1 aromatic heterocycles. The number of hydrogen-bond acceptors (Lipinski definition) is 3. The minimum atomic E-state index is -4.45. The Kier molecular flexibility index (Phi) is 5.89. The van der Waals surface area contributed by atoms with Crippen LogP contribution in [0.25, 0.3) is 0 Å². The zero-order valence-electron chi connectivity index (χ0n) is 14.4. The predicted octanol–water partition coefficient (Wildman–Crippen LogP) is 4.78. The Bertz CT molecular complexity index is 973. The van der Waals surface area contributed by atoms with Gasteiger partial charge in [0.25, 0.3) is 5.91 Å². The number of ether oxygens (including phenoxy) is 1. The summed E-state index contributed by atoms with van der Waals surface area (Å²) in [5, 5.41) is 7.46. The van der Waals surface area contributed by atoms with Gasteiger partial charge in [-0.05, 0) is 29.8 Å². The molecule has 3 aromatic rings. The number of benzene rings is 2. The van der Waals surface area contributed by atoms with Crippen molar-refractivity contribution in [3.8, 4) is 5.75 Å². The lowest BCUT2D eigenvalue weighted by molar-refractivity contribution is -0.153. The molecule has 3 rings (SSSR count). The van der Waals surface area contributed by atoms with Crippen LogP contribution in [0.3, 0.4) is 0 Å². The predicted molar refractivity (Wildman–Crippen MR) is 98.7 cm³/mol. The van der Waals surface area contributed by atoms with Gasteiger partial charge in [-0.25, -0.2) is 0 Å². The van der Waals surface area contributed by atoms with Crippen LogP contribution in [0.5, 0.6) is 5.75 Å². The molecule has 0 saturated carbocycles. The molecule has 1 amide bonds. The Morgan fingerprint density at radius 2 is 1.93 bits per heavy atom. The van der Waals surface area contributed by atoms with Crippen LogP contribution in [0.15, 0.2) is 60.8 Å². The highest BCUT2D eigenvalue weighted by Gasteiger charge is 2.28. The number of nitrogens with zero attached hydrogens (tertiary/aromatic N) is 2. The molecule has 5 nitrogen and oxygen atoms in total. The summed E-state index contributed by atoms with van der Waals surface area (Å²) in [5.74, 6) is -0.256. The Hall–Kier alpha value is -3.00. The van der Waals surface area contributed by atoms with E-state index in [1.54, 1.807) is 23.0 Å². The van der Waals surface area contributed by atoms with Crippen LogP contribution in [-0.4, -0.2) is 28.5 Å². The van der Waals surface area contributed by atoms with Gasteiger partial charge in [0.15, 0.2) is 12.4 Å². The first-order valence-corrected chi connectivity index (χ1v) is 8.56. The number of alkyl halides is 3. The van der Waals surface area contributed by atoms with E-state index in [2.05, 4.69) is 15.2 Å². The van der Waals surface area contributed by atoms with Crippen molar-refractivity contribution >= 4 is 23.3 Å². The average Bonchev–Trinajstić information content (AvgIpc) is 3.08. The highest BCUT2D eigenvalue weighted by molar-refractivity contribution is 6.31. The van der Waals surface area contributed by atoms with Crippen LogP contribution in [-0.2, 0) is 6.54 Å². The topological polar surface area (TPSA) is 56.2 Å². The van der Waals surface area contributed by atoms with E-state index in [1.807, 2.05) is 18.2 Å². The normalized spacial score (nSPS) is 11.3. The number of aromatic nitrogens is 2. The van der Waals surface area contributed by atoms with E-state index in [0.717, 1.165) is 5.56 Å². The molecule has 0 unspecified atom stereocenters. The Balaban J connectivity index is 1.64. The number of amides is 1. The first-order chi connectivity index (χ1) is 13.3. The van der Waals surface area contributed by atoms with Crippen molar-refractivity contribution in [2.45, 2.75) is 12.7 Å². The smallest absolute Gasteiger partial charge is 0.422 e. The molecule has 0 aliphatic carbocycles. The second-order valence-corrected chi connectivity index (χ2v) is 6.28. The van der Waals surface area contributed by atoms with Gasteiger partial charge < -0.3 is 10.1 Å². The van der Waals surface area contributed by atoms with Crippen LogP contribution < -0.4 is 10.1 Å². The van der Waals surface area contributed by atoms with Crippen LogP contribution in [0.2, 0.25) is 5.02 Å². The number of anilines is 1. The van der Waals surface area contributed by atoms with Crippen molar-refractivity contribution in [3.05, 3.63) is 76.9 Å². The standard InChI is InChI=1S/C19H15ClF3N3O2/c20-16-7-2-1-4-14(16)11-26-9-8-17(25-26)24-18(27)13-5-3-6-15(10-13)28-12-19(21,22)23/h1-10H,11-12H2,(H,24,25,27). The summed E-state index contributed by atoms with van der Waals surface area (Å²) in [6.07, 6.45) is -2.77. The largest absolute Gasteiger partial charge is 0.484 e. The molecule has 0 saturated heterocycles. The number of carbonyl (C=O) groups is 1. The fourth-order valence-corrected chi connectivity index (χ4v) is 2.59. The third-order valence-corrected chi connectivity index (χ3v) is 4.04. The van der Waals surface area contributed by atoms with Crippen molar-refractivity contribution in [1.82, 2.24) is 9.78 Å². The Morgan fingerprint density at radius 1 is 1.14 bits per heavy atom. The number of nitrogens with one attached hydrogen (secondary N) is 1. The third kappa shape index (κ3) is 5.50. The molecule has 0 atom stereocenters. The lowest BCUT2D eigenvalue weighted by atomic mass is 10.2. The summed E-state index contributed by atoms with van der Waals surface area (Å²) in [6.45, 7) is -0.999. The molecule has 28 heavy (non-hydrogen) atoms. The van der Waals surface area contributed by atoms with E-state index < -0.39 is 18.7 Å². The van der Waals surface area contributed by atoms with Gasteiger partial charge in [-0.3, -0.25) is 9.48 Å². The average molecular weight is 410 g/mol. The Morgan fingerprint density at radius 3 is 2.68 bits per heavy atom. The summed E-state index contributed by atoms with van der Waals surface area (Å²) in [4.78, 5) is 12.3. The van der Waals surface area contributed by atoms with E-state index in [4.69, 9.17) is 11.6 Å². The zero-order chi connectivity index (χ0) is 20.1. The minimum Gasteiger partial charge on any atom is -0.484 e. The van der Waals surface area contributed by atoms with Crippen LogP contribution in [0, 0.1) is 0 Å². The zero-order valence-corrected chi connectivity index (χ0v) is 15.2. The monoisotopic (exact) mass is 409 g/mol. The van der Waals surface area contributed by atoms with Gasteiger partial charge >= 0.3 is 6.18 Å². The van der Waals surface area contributed by atoms with Crippen molar-refractivity contribution < 1.29 is 22.7 Å². The summed E-state index contributed by atoms with van der Waals surface area (Å²) in [5.41, 5.74) is 1.03. The molecular weight excluding hydrogens is 395 g/mol. The van der Waals surface area contributed by atoms with Crippen molar-refractivity contribution in [3.63, 3.8) is 0 Å². The molecule has 0 radical (unpaired) electrons. The highest BCUT2D eigenvalue weighted by atomic mass is 35.5. The lowest BCUT2D eigenvalue weighted by Gasteiger charge is -2.10. The van der Waals surface area contributed by atoms with Gasteiger partial charge in [0.1, 0.15) is 5.75 Å². The molecule has 2 aromatic carbocycles. The SMILES string of the molecule is O=C(Nc1ccn(Cc2ccccc2Cl)n1)c1cccc(OCC(F)(F)F)c1. The second-order valence-electron chi connectivity index (χ2n) is 5.88. The van der Waals surface area contributed by atoms with Crippen LogP contribution in [0.1, 0.15) is 15.9 Å². The van der Waals surface area contributed by atoms with E-state index in [-0.39, 0.29) is 11.3 Å². The molecule has 0 bridgehead atoms. The number of halogens is 4. The number of rotatable bonds is 6. The molecule has 0 aliphatic rings. The van der Waals surface area contributed by atoms with E-state index in [0.29, 0.717) is 17.4 Å². The molecule has 0 fully saturated rings. The van der Waals surface area contributed by atoms with E-state index in [1.165, 1.54) is 24.3 Å². The van der Waals surface area contributed by atoms with Gasteiger partial charge in [-0.1, -0.05) is 35.9 Å². The molecule has 146 valence electrons. The van der Waals surface area contributed by atoms with Crippen LogP contribution >= 0.6 is 11.6 Å². The number of carbonyl (C=O) groups excluding carboxylic acids is 1. The fourth-order valence-electron chi connectivity index (χ4n) is 2.40. The molecule has 0 aliphatic heterocycles. The second kappa shape index (κ2) is 8.35. The van der Waals surface area contributed by atoms with Crippen molar-refractivity contribution in [2.24, 2.45) is 0 Å². The van der Waals surface area contributed by atoms with Gasteiger partial charge in [-0.2, -0.15) is 18.3 Å². The summed E-state index contributed by atoms with van der Waals surface area (Å²) in [7, 11) is 0. The quantitative estimate of drug-likeness (QED) is 0.637. The number of hydrogen-bond donors (Lipinski definition) is 1. The highest BCUT2D eigenvalue weighted by Crippen LogP contribution is 2.20. The van der Waals surface area contributed by atoms with Gasteiger partial charge in [0, 0.05) is 22.8 Å². The maximum absolute atomic E-state index is 12.3. The van der Waals surface area contributed by atoms with Crippen molar-refractivity contribution in [2.75, 3.05) is 11.9 Å². The van der Waals surface area contributed by atoms with Crippen molar-refractivity contribution in [1.29, 1.82) is 0 Å². The Labute approximate surface area is 163 Å². The fraction of sp³-hybridized carbons (Fsp3) is 0.158. The maximum atomic E-state index is 12.3. The minimum absolute atomic E-state index is 0.0470. The summed E-state index contributed by atoms with van der Waals surface area (Å²) < 4.78 is 43.0. The first-order valence-electron chi connectivity index (χ1n) is 8.18. The van der Waals surface area contributed by atoms with Crippen LogP contribution in [0.4, 0.5) is 19.0 Å².